The molecule has 2 aromatic heterocycles. The molecule has 0 bridgehead atoms. The van der Waals surface area contributed by atoms with Crippen LogP contribution in [0.1, 0.15) is 16.2 Å². The van der Waals surface area contributed by atoms with E-state index < -0.39 is 17.6 Å². The number of imidazole rings is 1. The Hall–Kier alpha value is -2.29. The third kappa shape index (κ3) is 3.43. The normalized spacial score (nSPS) is 11.3. The van der Waals surface area contributed by atoms with Gasteiger partial charge in [-0.25, -0.2) is 9.97 Å². The number of amides is 1. The fourth-order valence-electron chi connectivity index (χ4n) is 1.44. The largest absolute Gasteiger partial charge is 0.417 e. The maximum atomic E-state index is 12.4. The summed E-state index contributed by atoms with van der Waals surface area (Å²) in [7, 11) is 1.62. The van der Waals surface area contributed by atoms with E-state index in [1.807, 2.05) is 0 Å². The van der Waals surface area contributed by atoms with Crippen molar-refractivity contribution < 1.29 is 18.0 Å². The highest BCUT2D eigenvalue weighted by molar-refractivity contribution is 6.33. The molecule has 21 heavy (non-hydrogen) atoms. The van der Waals surface area contributed by atoms with Crippen LogP contribution in [0.5, 0.6) is 0 Å². The molecule has 2 aromatic rings. The third-order valence-electron chi connectivity index (χ3n) is 2.49. The number of alkyl halides is 3. The van der Waals surface area contributed by atoms with Crippen LogP contribution in [0.15, 0.2) is 24.7 Å². The van der Waals surface area contributed by atoms with Crippen LogP contribution in [0.4, 0.5) is 19.0 Å². The molecule has 0 spiro atoms. The van der Waals surface area contributed by atoms with E-state index in [-0.39, 0.29) is 16.7 Å². The molecule has 2 rings (SSSR count). The highest BCUT2D eigenvalue weighted by atomic mass is 35.5. The lowest BCUT2D eigenvalue weighted by Crippen LogP contribution is -2.32. The molecule has 112 valence electrons. The number of pyridine rings is 1. The van der Waals surface area contributed by atoms with E-state index in [1.165, 1.54) is 10.8 Å². The Labute approximate surface area is 121 Å². The van der Waals surface area contributed by atoms with E-state index in [0.717, 1.165) is 0 Å². The molecule has 0 aliphatic rings. The molecule has 0 aliphatic heterocycles. The van der Waals surface area contributed by atoms with Gasteiger partial charge in [0.1, 0.15) is 0 Å². The first-order valence-electron chi connectivity index (χ1n) is 5.55. The molecule has 0 atom stereocenters. The summed E-state index contributed by atoms with van der Waals surface area (Å²) >= 11 is 5.68. The fourth-order valence-corrected chi connectivity index (χ4v) is 1.65. The lowest BCUT2D eigenvalue weighted by atomic mass is 10.3. The standard InChI is InChI=1S/C11H9ClF3N5O/c1-20-3-2-16-9(20)10(21)19-18-8-7(12)4-6(5-17-8)11(13,14)15/h2-5H,1H3,(H,17,18)(H,19,21). The average molecular weight is 320 g/mol. The molecule has 0 saturated heterocycles. The first-order chi connectivity index (χ1) is 9.79. The number of anilines is 1. The van der Waals surface area contributed by atoms with Crippen LogP contribution in [0, 0.1) is 0 Å². The molecule has 0 saturated carbocycles. The Morgan fingerprint density at radius 1 is 1.38 bits per heavy atom. The van der Waals surface area contributed by atoms with Gasteiger partial charge in [0.2, 0.25) is 0 Å². The van der Waals surface area contributed by atoms with Gasteiger partial charge in [0, 0.05) is 25.6 Å². The molecule has 0 aliphatic carbocycles. The van der Waals surface area contributed by atoms with Gasteiger partial charge in [-0.1, -0.05) is 11.6 Å². The molecular weight excluding hydrogens is 311 g/mol. The maximum absolute atomic E-state index is 12.4. The van der Waals surface area contributed by atoms with Gasteiger partial charge in [-0.2, -0.15) is 13.2 Å². The first kappa shape index (κ1) is 15.1. The zero-order valence-electron chi connectivity index (χ0n) is 10.6. The molecule has 10 heteroatoms. The zero-order chi connectivity index (χ0) is 15.6. The zero-order valence-corrected chi connectivity index (χ0v) is 11.3. The number of hydrogen-bond donors (Lipinski definition) is 2. The van der Waals surface area contributed by atoms with Crippen LogP contribution in [-0.4, -0.2) is 20.4 Å². The van der Waals surface area contributed by atoms with Crippen molar-refractivity contribution in [2.45, 2.75) is 6.18 Å². The number of halogens is 4. The van der Waals surface area contributed by atoms with Crippen LogP contribution >= 0.6 is 11.6 Å². The molecule has 2 heterocycles. The van der Waals surface area contributed by atoms with Crippen LogP contribution in [-0.2, 0) is 13.2 Å². The molecule has 2 N–H and O–H groups in total. The predicted molar refractivity (Wildman–Crippen MR) is 68.5 cm³/mol. The van der Waals surface area contributed by atoms with Gasteiger partial charge in [-0.05, 0) is 6.07 Å². The Balaban J connectivity index is 2.07. The number of carbonyl (C=O) groups excluding carboxylic acids is 1. The smallest absolute Gasteiger partial charge is 0.330 e. The summed E-state index contributed by atoms with van der Waals surface area (Å²) in [5.74, 6) is -0.571. The van der Waals surface area contributed by atoms with E-state index in [4.69, 9.17) is 11.6 Å². The quantitative estimate of drug-likeness (QED) is 0.851. The van der Waals surface area contributed by atoms with Crippen molar-refractivity contribution in [3.05, 3.63) is 41.1 Å². The van der Waals surface area contributed by atoms with E-state index >= 15 is 0 Å². The van der Waals surface area contributed by atoms with Crippen LogP contribution in [0.2, 0.25) is 5.02 Å². The minimum absolute atomic E-state index is 0.104. The highest BCUT2D eigenvalue weighted by Gasteiger charge is 2.31. The molecule has 0 fully saturated rings. The van der Waals surface area contributed by atoms with Gasteiger partial charge >= 0.3 is 12.1 Å². The second-order valence-electron chi connectivity index (χ2n) is 3.99. The number of aryl methyl sites for hydroxylation is 1. The van der Waals surface area contributed by atoms with E-state index in [1.54, 1.807) is 13.2 Å². The number of hydrazine groups is 1. The Morgan fingerprint density at radius 3 is 2.62 bits per heavy atom. The SMILES string of the molecule is Cn1ccnc1C(=O)NNc1ncc(C(F)(F)F)cc1Cl. The number of hydrogen-bond acceptors (Lipinski definition) is 4. The van der Waals surface area contributed by atoms with Crippen molar-refractivity contribution in [1.82, 2.24) is 20.0 Å². The topological polar surface area (TPSA) is 71.8 Å². The summed E-state index contributed by atoms with van der Waals surface area (Å²) in [4.78, 5) is 19.1. The van der Waals surface area contributed by atoms with E-state index in [9.17, 15) is 18.0 Å². The Kier molecular flexibility index (Phi) is 4.03. The minimum atomic E-state index is -4.54. The Morgan fingerprint density at radius 2 is 2.10 bits per heavy atom. The van der Waals surface area contributed by atoms with Gasteiger partial charge in [0.25, 0.3) is 0 Å². The highest BCUT2D eigenvalue weighted by Crippen LogP contribution is 2.32. The molecule has 0 unspecified atom stereocenters. The second-order valence-corrected chi connectivity index (χ2v) is 4.40. The summed E-state index contributed by atoms with van der Waals surface area (Å²) < 4.78 is 38.8. The summed E-state index contributed by atoms with van der Waals surface area (Å²) in [5.41, 5.74) is 3.61. The summed E-state index contributed by atoms with van der Waals surface area (Å²) in [5, 5.41) is -0.273. The third-order valence-corrected chi connectivity index (χ3v) is 2.78. The molecular formula is C11H9ClF3N5O. The van der Waals surface area contributed by atoms with Crippen LogP contribution < -0.4 is 10.9 Å². The van der Waals surface area contributed by atoms with E-state index in [2.05, 4.69) is 20.8 Å². The molecule has 6 nitrogen and oxygen atoms in total. The van der Waals surface area contributed by atoms with Gasteiger partial charge in [0.05, 0.1) is 10.6 Å². The van der Waals surface area contributed by atoms with Gasteiger partial charge < -0.3 is 4.57 Å². The van der Waals surface area contributed by atoms with Crippen LogP contribution in [0.3, 0.4) is 0 Å². The van der Waals surface area contributed by atoms with Crippen molar-refractivity contribution >= 4 is 23.3 Å². The molecule has 1 amide bonds. The lowest BCUT2D eigenvalue weighted by Gasteiger charge is -2.11. The van der Waals surface area contributed by atoms with Gasteiger partial charge in [-0.15, -0.1) is 0 Å². The summed E-state index contributed by atoms with van der Waals surface area (Å²) in [6.07, 6.45) is -0.928. The maximum Gasteiger partial charge on any atom is 0.417 e. The van der Waals surface area contributed by atoms with Crippen LogP contribution in [0.25, 0.3) is 0 Å². The Bertz CT molecular complexity index is 670. The van der Waals surface area contributed by atoms with Crippen molar-refractivity contribution in [2.75, 3.05) is 5.43 Å². The van der Waals surface area contributed by atoms with E-state index in [0.29, 0.717) is 12.3 Å². The summed E-state index contributed by atoms with van der Waals surface area (Å²) in [6, 6.07) is 0.712. The minimum Gasteiger partial charge on any atom is -0.330 e. The number of aromatic nitrogens is 3. The van der Waals surface area contributed by atoms with Crippen molar-refractivity contribution in [3.8, 4) is 0 Å². The number of nitrogens with one attached hydrogen (secondary N) is 2. The fraction of sp³-hybridized carbons (Fsp3) is 0.182. The molecule has 0 radical (unpaired) electrons. The number of rotatable bonds is 3. The van der Waals surface area contributed by atoms with Crippen molar-refractivity contribution in [1.29, 1.82) is 0 Å². The lowest BCUT2D eigenvalue weighted by molar-refractivity contribution is -0.137. The predicted octanol–water partition coefficient (Wildman–Crippen LogP) is 2.24. The molecule has 0 aromatic carbocycles. The second kappa shape index (κ2) is 5.60. The number of carbonyl (C=O) groups is 1. The van der Waals surface area contributed by atoms with Crippen molar-refractivity contribution in [2.24, 2.45) is 7.05 Å². The monoisotopic (exact) mass is 319 g/mol. The summed E-state index contributed by atoms with van der Waals surface area (Å²) in [6.45, 7) is 0. The van der Waals surface area contributed by atoms with Gasteiger partial charge in [0.15, 0.2) is 11.6 Å². The first-order valence-corrected chi connectivity index (χ1v) is 5.93. The van der Waals surface area contributed by atoms with Crippen molar-refractivity contribution in [3.63, 3.8) is 0 Å². The van der Waals surface area contributed by atoms with Gasteiger partial charge in [-0.3, -0.25) is 15.6 Å². The average Bonchev–Trinajstić information content (AvgIpc) is 2.82. The number of nitrogens with zero attached hydrogens (tertiary/aromatic N) is 3.